The number of rotatable bonds is 12. The minimum absolute atomic E-state index is 0.0123. The molecule has 2 aromatic rings. The van der Waals surface area contributed by atoms with E-state index in [-0.39, 0.29) is 18.7 Å². The van der Waals surface area contributed by atoms with Crippen LogP contribution in [0.5, 0.6) is 0 Å². The molecule has 0 aromatic heterocycles. The van der Waals surface area contributed by atoms with Crippen molar-refractivity contribution in [3.8, 4) is 0 Å². The van der Waals surface area contributed by atoms with Crippen LogP contribution in [0.15, 0.2) is 48.5 Å². The van der Waals surface area contributed by atoms with Gasteiger partial charge in [0.15, 0.2) is 0 Å². The van der Waals surface area contributed by atoms with E-state index >= 15 is 0 Å². The van der Waals surface area contributed by atoms with E-state index in [1.165, 1.54) is 44.6 Å². The molecule has 1 saturated carbocycles. The highest BCUT2D eigenvalue weighted by Gasteiger charge is 2.24. The Labute approximate surface area is 215 Å². The van der Waals surface area contributed by atoms with E-state index in [0.717, 1.165) is 37.2 Å². The van der Waals surface area contributed by atoms with E-state index in [9.17, 15) is 9.59 Å². The SMILES string of the molecule is CCCCCCCC1CCC(OC(=O)c2ccc(/C=C/C(=O)OCc3ccc(N)cc3N)cc2)CC1. The van der Waals surface area contributed by atoms with Gasteiger partial charge in [0.1, 0.15) is 12.7 Å². The minimum Gasteiger partial charge on any atom is -0.459 e. The number of ether oxygens (including phenoxy) is 2. The van der Waals surface area contributed by atoms with Crippen molar-refractivity contribution in [2.24, 2.45) is 5.92 Å². The number of hydrogen-bond acceptors (Lipinski definition) is 6. The van der Waals surface area contributed by atoms with Gasteiger partial charge >= 0.3 is 11.9 Å². The predicted molar refractivity (Wildman–Crippen MR) is 145 cm³/mol. The van der Waals surface area contributed by atoms with E-state index in [0.29, 0.717) is 22.5 Å². The first-order valence-corrected chi connectivity index (χ1v) is 13.2. The standard InChI is InChI=1S/C30H40N2O4/c1-2-3-4-5-6-7-22-10-17-27(18-11-22)36-30(34)24-13-8-23(9-14-24)12-19-29(33)35-21-25-15-16-26(31)20-28(25)32/h8-9,12-16,19-20,22,27H,2-7,10-11,17-18,21,31-32H2,1H3/b19-12+. The molecule has 6 nitrogen and oxygen atoms in total. The average molecular weight is 493 g/mol. The Hall–Kier alpha value is -3.28. The first-order valence-electron chi connectivity index (χ1n) is 13.2. The maximum atomic E-state index is 12.6. The molecule has 0 amide bonds. The lowest BCUT2D eigenvalue weighted by molar-refractivity contribution is -0.138. The first kappa shape index (κ1) is 27.3. The molecule has 0 aliphatic heterocycles. The highest BCUT2D eigenvalue weighted by molar-refractivity contribution is 5.90. The number of benzene rings is 2. The molecule has 0 atom stereocenters. The van der Waals surface area contributed by atoms with Crippen molar-refractivity contribution in [2.75, 3.05) is 11.5 Å². The van der Waals surface area contributed by atoms with Crippen LogP contribution in [0.2, 0.25) is 0 Å². The number of nitrogen functional groups attached to an aromatic ring is 2. The van der Waals surface area contributed by atoms with E-state index in [1.54, 1.807) is 48.5 Å². The number of carbonyl (C=O) groups excluding carboxylic acids is 2. The van der Waals surface area contributed by atoms with Gasteiger partial charge in [0.2, 0.25) is 0 Å². The molecular weight excluding hydrogens is 452 g/mol. The van der Waals surface area contributed by atoms with Crippen molar-refractivity contribution >= 4 is 29.4 Å². The fourth-order valence-electron chi connectivity index (χ4n) is 4.63. The molecule has 0 spiro atoms. The van der Waals surface area contributed by atoms with Crippen LogP contribution in [0.1, 0.15) is 92.6 Å². The molecule has 2 aromatic carbocycles. The third kappa shape index (κ3) is 9.06. The fraction of sp³-hybridized carbons (Fsp3) is 0.467. The molecule has 1 aliphatic carbocycles. The number of unbranched alkanes of at least 4 members (excludes halogenated alkanes) is 4. The molecule has 6 heteroatoms. The highest BCUT2D eigenvalue weighted by Crippen LogP contribution is 2.30. The summed E-state index contributed by atoms with van der Waals surface area (Å²) in [5.74, 6) is 0.0171. The molecule has 0 unspecified atom stereocenters. The van der Waals surface area contributed by atoms with Gasteiger partial charge in [-0.15, -0.1) is 0 Å². The van der Waals surface area contributed by atoms with E-state index in [1.807, 2.05) is 0 Å². The Balaban J connectivity index is 1.38. The summed E-state index contributed by atoms with van der Waals surface area (Å²) < 4.78 is 11.0. The van der Waals surface area contributed by atoms with Gasteiger partial charge in [0, 0.05) is 23.0 Å². The molecule has 0 heterocycles. The molecule has 3 rings (SSSR count). The summed E-state index contributed by atoms with van der Waals surface area (Å²) in [5, 5.41) is 0. The van der Waals surface area contributed by atoms with Gasteiger partial charge in [-0.05, 0) is 67.5 Å². The van der Waals surface area contributed by atoms with Gasteiger partial charge in [-0.25, -0.2) is 9.59 Å². The van der Waals surface area contributed by atoms with Gasteiger partial charge in [-0.2, -0.15) is 0 Å². The number of hydrogen-bond donors (Lipinski definition) is 2. The zero-order valence-corrected chi connectivity index (χ0v) is 21.4. The summed E-state index contributed by atoms with van der Waals surface area (Å²) in [5.41, 5.74) is 14.6. The van der Waals surface area contributed by atoms with Crippen molar-refractivity contribution < 1.29 is 19.1 Å². The maximum Gasteiger partial charge on any atom is 0.338 e. The largest absolute Gasteiger partial charge is 0.459 e. The summed E-state index contributed by atoms with van der Waals surface area (Å²) in [6.07, 6.45) is 15.2. The predicted octanol–water partition coefficient (Wildman–Crippen LogP) is 6.68. The lowest BCUT2D eigenvalue weighted by Crippen LogP contribution is -2.24. The zero-order valence-electron chi connectivity index (χ0n) is 21.4. The van der Waals surface area contributed by atoms with Crippen LogP contribution in [0, 0.1) is 5.92 Å². The molecule has 194 valence electrons. The number of carbonyl (C=O) groups is 2. The van der Waals surface area contributed by atoms with Gasteiger partial charge < -0.3 is 20.9 Å². The van der Waals surface area contributed by atoms with Crippen LogP contribution in [-0.4, -0.2) is 18.0 Å². The van der Waals surface area contributed by atoms with Gasteiger partial charge in [-0.1, -0.05) is 63.6 Å². The van der Waals surface area contributed by atoms with Crippen molar-refractivity contribution in [3.05, 3.63) is 65.2 Å². The van der Waals surface area contributed by atoms with Crippen LogP contribution >= 0.6 is 0 Å². The first-order chi connectivity index (χ1) is 17.4. The van der Waals surface area contributed by atoms with Crippen LogP contribution < -0.4 is 11.5 Å². The Morgan fingerprint density at radius 2 is 1.67 bits per heavy atom. The van der Waals surface area contributed by atoms with E-state index in [2.05, 4.69) is 6.92 Å². The second-order valence-electron chi connectivity index (χ2n) is 9.77. The highest BCUT2D eigenvalue weighted by atomic mass is 16.5. The quantitative estimate of drug-likeness (QED) is 0.148. The van der Waals surface area contributed by atoms with Crippen molar-refractivity contribution in [1.82, 2.24) is 0 Å². The number of anilines is 2. The monoisotopic (exact) mass is 492 g/mol. The second-order valence-corrected chi connectivity index (χ2v) is 9.77. The van der Waals surface area contributed by atoms with Crippen molar-refractivity contribution in [3.63, 3.8) is 0 Å². The molecule has 36 heavy (non-hydrogen) atoms. The van der Waals surface area contributed by atoms with Gasteiger partial charge in [-0.3, -0.25) is 0 Å². The third-order valence-electron chi connectivity index (χ3n) is 6.88. The van der Waals surface area contributed by atoms with Crippen LogP contribution in [0.25, 0.3) is 6.08 Å². The molecule has 4 N–H and O–H groups in total. The maximum absolute atomic E-state index is 12.6. The Bertz CT molecular complexity index is 1010. The van der Waals surface area contributed by atoms with Crippen LogP contribution in [0.4, 0.5) is 11.4 Å². The lowest BCUT2D eigenvalue weighted by Gasteiger charge is -2.28. The Kier molecular flexibility index (Phi) is 10.9. The average Bonchev–Trinajstić information content (AvgIpc) is 2.88. The van der Waals surface area contributed by atoms with Crippen molar-refractivity contribution in [2.45, 2.75) is 83.8 Å². The smallest absolute Gasteiger partial charge is 0.338 e. The Morgan fingerprint density at radius 3 is 2.36 bits per heavy atom. The normalized spacial score (nSPS) is 17.7. The van der Waals surface area contributed by atoms with Gasteiger partial charge in [0.05, 0.1) is 5.56 Å². The second kappa shape index (κ2) is 14.3. The molecule has 1 aliphatic rings. The summed E-state index contributed by atoms with van der Waals surface area (Å²) >= 11 is 0. The topological polar surface area (TPSA) is 105 Å². The van der Waals surface area contributed by atoms with Crippen molar-refractivity contribution in [1.29, 1.82) is 0 Å². The van der Waals surface area contributed by atoms with Gasteiger partial charge in [0.25, 0.3) is 0 Å². The molecule has 0 radical (unpaired) electrons. The summed E-state index contributed by atoms with van der Waals surface area (Å²) in [7, 11) is 0. The molecule has 0 bridgehead atoms. The Morgan fingerprint density at radius 1 is 0.944 bits per heavy atom. The summed E-state index contributed by atoms with van der Waals surface area (Å²) in [4.78, 5) is 24.6. The third-order valence-corrected chi connectivity index (χ3v) is 6.88. The number of nitrogens with two attached hydrogens (primary N) is 2. The van der Waals surface area contributed by atoms with Crippen LogP contribution in [0.3, 0.4) is 0 Å². The lowest BCUT2D eigenvalue weighted by atomic mass is 9.84. The van der Waals surface area contributed by atoms with E-state index < -0.39 is 5.97 Å². The minimum atomic E-state index is -0.480. The zero-order chi connectivity index (χ0) is 25.8. The fourth-order valence-corrected chi connectivity index (χ4v) is 4.63. The molecular formula is C30H40N2O4. The van der Waals surface area contributed by atoms with Crippen LogP contribution in [-0.2, 0) is 20.9 Å². The molecule has 1 fully saturated rings. The van der Waals surface area contributed by atoms with E-state index in [4.69, 9.17) is 20.9 Å². The summed E-state index contributed by atoms with van der Waals surface area (Å²) in [6.45, 7) is 2.32. The number of esters is 2. The molecule has 0 saturated heterocycles. The summed E-state index contributed by atoms with van der Waals surface area (Å²) in [6, 6.07) is 12.1.